The molecule has 0 unspecified atom stereocenters. The van der Waals surface area contributed by atoms with Gasteiger partial charge in [0.2, 0.25) is 5.91 Å². The Morgan fingerprint density at radius 2 is 2.23 bits per heavy atom. The quantitative estimate of drug-likeness (QED) is 0.726. The number of amides is 1. The van der Waals surface area contributed by atoms with Gasteiger partial charge < -0.3 is 5.32 Å². The van der Waals surface area contributed by atoms with Gasteiger partial charge >= 0.3 is 0 Å². The van der Waals surface area contributed by atoms with Gasteiger partial charge in [-0.15, -0.1) is 11.3 Å². The van der Waals surface area contributed by atoms with E-state index < -0.39 is 0 Å². The third-order valence-corrected chi connectivity index (χ3v) is 5.37. The van der Waals surface area contributed by atoms with Crippen LogP contribution in [0.3, 0.4) is 0 Å². The Labute approximate surface area is 158 Å². The standard InChI is InChI=1S/C18H15ClN4O2S/c1-2-13-8-14-17(26-13)21-10-23(18(14)25)6-5-16(24)22-12-4-3-11(9-20)15(19)7-12/h3-4,7-8,10H,2,5-6H2,1H3,(H,22,24). The first-order chi connectivity index (χ1) is 12.5. The van der Waals surface area contributed by atoms with Crippen molar-refractivity contribution in [2.75, 3.05) is 5.32 Å². The summed E-state index contributed by atoms with van der Waals surface area (Å²) >= 11 is 7.46. The van der Waals surface area contributed by atoms with Crippen LogP contribution in [0.5, 0.6) is 0 Å². The largest absolute Gasteiger partial charge is 0.326 e. The smallest absolute Gasteiger partial charge is 0.262 e. The molecule has 6 nitrogen and oxygen atoms in total. The lowest BCUT2D eigenvalue weighted by atomic mass is 10.2. The fraction of sp³-hybridized carbons (Fsp3) is 0.222. The van der Waals surface area contributed by atoms with Gasteiger partial charge in [0.05, 0.1) is 22.3 Å². The number of thiophene rings is 1. The molecule has 1 aromatic carbocycles. The number of nitriles is 1. The number of carbonyl (C=O) groups excluding carboxylic acids is 1. The Bertz CT molecular complexity index is 1080. The Balaban J connectivity index is 1.69. The first-order valence-corrected chi connectivity index (χ1v) is 9.18. The Kier molecular flexibility index (Phi) is 5.35. The molecule has 0 spiro atoms. The van der Waals surface area contributed by atoms with Crippen LogP contribution in [0.25, 0.3) is 10.2 Å². The highest BCUT2D eigenvalue weighted by atomic mass is 35.5. The summed E-state index contributed by atoms with van der Waals surface area (Å²) in [6, 6.07) is 8.50. The third-order valence-electron chi connectivity index (χ3n) is 3.87. The molecule has 132 valence electrons. The lowest BCUT2D eigenvalue weighted by Gasteiger charge is -2.07. The van der Waals surface area contributed by atoms with Crippen molar-refractivity contribution in [3.8, 4) is 6.07 Å². The van der Waals surface area contributed by atoms with Gasteiger partial charge in [-0.3, -0.25) is 14.2 Å². The van der Waals surface area contributed by atoms with Crippen LogP contribution in [-0.4, -0.2) is 15.5 Å². The highest BCUT2D eigenvalue weighted by Crippen LogP contribution is 2.21. The first-order valence-electron chi connectivity index (χ1n) is 7.99. The van der Waals surface area contributed by atoms with Gasteiger partial charge in [-0.05, 0) is 30.7 Å². The first kappa shape index (κ1) is 18.1. The van der Waals surface area contributed by atoms with Crippen molar-refractivity contribution in [2.24, 2.45) is 0 Å². The van der Waals surface area contributed by atoms with Crippen molar-refractivity contribution in [2.45, 2.75) is 26.3 Å². The van der Waals surface area contributed by atoms with Gasteiger partial charge in [0.25, 0.3) is 5.56 Å². The van der Waals surface area contributed by atoms with Crippen LogP contribution < -0.4 is 10.9 Å². The fourth-order valence-corrected chi connectivity index (χ4v) is 3.62. The molecule has 3 aromatic rings. The zero-order valence-electron chi connectivity index (χ0n) is 14.0. The maximum atomic E-state index is 12.5. The van der Waals surface area contributed by atoms with Crippen LogP contribution in [0.4, 0.5) is 5.69 Å². The number of nitrogens with one attached hydrogen (secondary N) is 1. The van der Waals surface area contributed by atoms with E-state index in [1.54, 1.807) is 12.1 Å². The number of anilines is 1. The highest BCUT2D eigenvalue weighted by Gasteiger charge is 2.10. The number of hydrogen-bond acceptors (Lipinski definition) is 5. The normalized spacial score (nSPS) is 10.7. The zero-order chi connectivity index (χ0) is 18.7. The molecule has 1 N–H and O–H groups in total. The summed E-state index contributed by atoms with van der Waals surface area (Å²) in [5, 5.41) is 12.4. The number of benzene rings is 1. The third kappa shape index (κ3) is 3.77. The molecule has 2 aromatic heterocycles. The van der Waals surface area contributed by atoms with E-state index in [0.29, 0.717) is 16.6 Å². The van der Waals surface area contributed by atoms with Crippen LogP contribution in [0, 0.1) is 11.3 Å². The number of aromatic nitrogens is 2. The predicted molar refractivity (Wildman–Crippen MR) is 103 cm³/mol. The van der Waals surface area contributed by atoms with E-state index in [4.69, 9.17) is 16.9 Å². The monoisotopic (exact) mass is 386 g/mol. The minimum Gasteiger partial charge on any atom is -0.326 e. The van der Waals surface area contributed by atoms with Gasteiger partial charge in [-0.2, -0.15) is 5.26 Å². The van der Waals surface area contributed by atoms with Gasteiger partial charge in [-0.25, -0.2) is 4.98 Å². The molecule has 0 bridgehead atoms. The van der Waals surface area contributed by atoms with E-state index in [1.165, 1.54) is 28.3 Å². The second kappa shape index (κ2) is 7.68. The van der Waals surface area contributed by atoms with Crippen molar-refractivity contribution in [1.29, 1.82) is 5.26 Å². The van der Waals surface area contributed by atoms with Crippen LogP contribution in [0.15, 0.2) is 35.4 Å². The van der Waals surface area contributed by atoms with Crippen LogP contribution in [0.2, 0.25) is 5.02 Å². The number of aryl methyl sites for hydroxylation is 2. The van der Waals surface area contributed by atoms with E-state index in [-0.39, 0.29) is 29.5 Å². The van der Waals surface area contributed by atoms with E-state index >= 15 is 0 Å². The second-order valence-corrected chi connectivity index (χ2v) is 7.16. The molecular weight excluding hydrogens is 372 g/mol. The van der Waals surface area contributed by atoms with E-state index in [2.05, 4.69) is 10.3 Å². The SMILES string of the molecule is CCc1cc2c(=O)n(CCC(=O)Nc3ccc(C#N)c(Cl)c3)cnc2s1. The number of halogens is 1. The average Bonchev–Trinajstić information content (AvgIpc) is 3.06. The van der Waals surface area contributed by atoms with E-state index in [9.17, 15) is 9.59 Å². The van der Waals surface area contributed by atoms with Crippen molar-refractivity contribution in [3.05, 3.63) is 56.4 Å². The minimum atomic E-state index is -0.252. The molecule has 3 rings (SSSR count). The molecule has 26 heavy (non-hydrogen) atoms. The second-order valence-electron chi connectivity index (χ2n) is 5.63. The predicted octanol–water partition coefficient (Wildman–Crippen LogP) is 3.57. The Hall–Kier alpha value is -2.69. The summed E-state index contributed by atoms with van der Waals surface area (Å²) in [4.78, 5) is 30.8. The van der Waals surface area contributed by atoms with E-state index in [1.807, 2.05) is 19.1 Å². The maximum Gasteiger partial charge on any atom is 0.262 e. The summed E-state index contributed by atoms with van der Waals surface area (Å²) in [6.45, 7) is 2.26. The topological polar surface area (TPSA) is 87.8 Å². The van der Waals surface area contributed by atoms with Crippen molar-refractivity contribution < 1.29 is 4.79 Å². The van der Waals surface area contributed by atoms with Gasteiger partial charge in [0.1, 0.15) is 10.9 Å². The van der Waals surface area contributed by atoms with Gasteiger partial charge in [0, 0.05) is 23.5 Å². The van der Waals surface area contributed by atoms with E-state index in [0.717, 1.165) is 16.1 Å². The minimum absolute atomic E-state index is 0.121. The summed E-state index contributed by atoms with van der Waals surface area (Å²) in [5.74, 6) is -0.252. The molecule has 1 amide bonds. The number of rotatable bonds is 5. The number of hydrogen-bond donors (Lipinski definition) is 1. The van der Waals surface area contributed by atoms with Crippen LogP contribution in [-0.2, 0) is 17.8 Å². The van der Waals surface area contributed by atoms with Gasteiger partial charge in [-0.1, -0.05) is 18.5 Å². The molecule has 0 fully saturated rings. The molecule has 8 heteroatoms. The van der Waals surface area contributed by atoms with Crippen molar-refractivity contribution in [1.82, 2.24) is 9.55 Å². The molecule has 2 heterocycles. The molecule has 0 aliphatic carbocycles. The zero-order valence-corrected chi connectivity index (χ0v) is 15.5. The maximum absolute atomic E-state index is 12.5. The molecule has 0 aliphatic rings. The molecule has 0 radical (unpaired) electrons. The number of nitrogens with zero attached hydrogens (tertiary/aromatic N) is 3. The van der Waals surface area contributed by atoms with Crippen molar-refractivity contribution in [3.63, 3.8) is 0 Å². The lowest BCUT2D eigenvalue weighted by molar-refractivity contribution is -0.116. The fourth-order valence-electron chi connectivity index (χ4n) is 2.47. The van der Waals surface area contributed by atoms with Crippen LogP contribution in [0.1, 0.15) is 23.8 Å². The molecule has 0 saturated heterocycles. The lowest BCUT2D eigenvalue weighted by Crippen LogP contribution is -2.23. The molecule has 0 atom stereocenters. The summed E-state index contributed by atoms with van der Waals surface area (Å²) in [7, 11) is 0. The molecule has 0 saturated carbocycles. The van der Waals surface area contributed by atoms with Gasteiger partial charge in [0.15, 0.2) is 0 Å². The van der Waals surface area contributed by atoms with Crippen LogP contribution >= 0.6 is 22.9 Å². The molecule has 0 aliphatic heterocycles. The molecular formula is C18H15ClN4O2S. The summed E-state index contributed by atoms with van der Waals surface area (Å²) in [5.41, 5.74) is 0.711. The van der Waals surface area contributed by atoms with Crippen molar-refractivity contribution >= 4 is 44.7 Å². The Morgan fingerprint density at radius 3 is 2.92 bits per heavy atom. The number of fused-ring (bicyclic) bond motifs is 1. The average molecular weight is 387 g/mol. The highest BCUT2D eigenvalue weighted by molar-refractivity contribution is 7.18. The summed E-state index contributed by atoms with van der Waals surface area (Å²) in [6.07, 6.45) is 2.46. The Morgan fingerprint density at radius 1 is 1.42 bits per heavy atom. The number of carbonyl (C=O) groups is 1. The summed E-state index contributed by atoms with van der Waals surface area (Å²) < 4.78 is 1.44.